The monoisotopic (exact) mass is 418 g/mol. The third-order valence-corrected chi connectivity index (χ3v) is 5.22. The number of carbonyl (C=O) groups is 4. The zero-order chi connectivity index (χ0) is 22.1. The fourth-order valence-corrected chi connectivity index (χ4v) is 3.82. The summed E-state index contributed by atoms with van der Waals surface area (Å²) in [6.07, 6.45) is 0.359. The first kappa shape index (κ1) is 23.5. The fourth-order valence-electron chi connectivity index (χ4n) is 3.82. The van der Waals surface area contributed by atoms with Gasteiger partial charge in [-0.25, -0.2) is 0 Å². The van der Waals surface area contributed by atoms with Crippen LogP contribution in [-0.2, 0) is 34.1 Å². The first-order valence-corrected chi connectivity index (χ1v) is 10.2. The zero-order valence-corrected chi connectivity index (χ0v) is 17.9. The third kappa shape index (κ3) is 5.44. The Kier molecular flexibility index (Phi) is 8.53. The van der Waals surface area contributed by atoms with Gasteiger partial charge in [-0.15, -0.1) is 0 Å². The molecule has 0 radical (unpaired) electrons. The Bertz CT molecular complexity index is 794. The molecule has 8 nitrogen and oxygen atoms in total. The zero-order valence-electron chi connectivity index (χ0n) is 17.9. The second kappa shape index (κ2) is 10.9. The summed E-state index contributed by atoms with van der Waals surface area (Å²) in [4.78, 5) is 51.5. The van der Waals surface area contributed by atoms with E-state index in [-0.39, 0.29) is 56.7 Å². The molecule has 1 aliphatic rings. The van der Waals surface area contributed by atoms with Crippen LogP contribution in [0.3, 0.4) is 0 Å². The number of likely N-dealkylation sites (tertiary alicyclic amines) is 1. The van der Waals surface area contributed by atoms with Crippen LogP contribution in [0, 0.1) is 6.92 Å². The van der Waals surface area contributed by atoms with Crippen molar-refractivity contribution in [1.82, 2.24) is 10.2 Å². The summed E-state index contributed by atoms with van der Waals surface area (Å²) in [7, 11) is 1.56. The van der Waals surface area contributed by atoms with E-state index in [0.29, 0.717) is 18.6 Å². The lowest BCUT2D eigenvalue weighted by atomic mass is 9.74. The van der Waals surface area contributed by atoms with Gasteiger partial charge < -0.3 is 14.8 Å². The number of hydrogen-bond acceptors (Lipinski definition) is 6. The molecule has 30 heavy (non-hydrogen) atoms. The molecule has 2 rings (SSSR count). The quantitative estimate of drug-likeness (QED) is 0.332. The highest BCUT2D eigenvalue weighted by Gasteiger charge is 2.53. The van der Waals surface area contributed by atoms with Crippen molar-refractivity contribution in [2.24, 2.45) is 0 Å². The van der Waals surface area contributed by atoms with Gasteiger partial charge in [0, 0.05) is 39.6 Å². The molecule has 0 unspecified atom stereocenters. The number of amides is 3. The third-order valence-electron chi connectivity index (χ3n) is 5.22. The molecular formula is C22H30N2O6. The minimum absolute atomic E-state index is 0.0486. The number of esters is 1. The Morgan fingerprint density at radius 1 is 1.23 bits per heavy atom. The summed E-state index contributed by atoms with van der Waals surface area (Å²) in [6, 6.07) is 7.31. The maximum absolute atomic E-state index is 13.4. The Labute approximate surface area is 176 Å². The van der Waals surface area contributed by atoms with Crippen LogP contribution in [0.5, 0.6) is 0 Å². The van der Waals surface area contributed by atoms with Crippen LogP contribution in [0.15, 0.2) is 24.3 Å². The van der Waals surface area contributed by atoms with Crippen LogP contribution in [0.25, 0.3) is 0 Å². The fraction of sp³-hybridized carbons (Fsp3) is 0.545. The number of imide groups is 1. The highest BCUT2D eigenvalue weighted by atomic mass is 16.5. The lowest BCUT2D eigenvalue weighted by Crippen LogP contribution is -2.43. The Morgan fingerprint density at radius 3 is 2.63 bits per heavy atom. The summed E-state index contributed by atoms with van der Waals surface area (Å²) in [5, 5.41) is 2.67. The van der Waals surface area contributed by atoms with E-state index in [1.807, 2.05) is 19.1 Å². The first-order valence-electron chi connectivity index (χ1n) is 10.2. The number of ether oxygens (including phenoxy) is 2. The molecule has 1 aromatic carbocycles. The number of aryl methyl sites for hydroxylation is 1. The van der Waals surface area contributed by atoms with Crippen molar-refractivity contribution in [3.05, 3.63) is 35.4 Å². The number of methoxy groups -OCH3 is 1. The van der Waals surface area contributed by atoms with Gasteiger partial charge in [0.25, 0.3) is 0 Å². The Hall–Kier alpha value is -2.74. The SMILES string of the molecule is CCOC(=O)CCNC(=O)C[C@@]1(c2ccccc2C)CC(=O)N(CCCOC)C1=O. The minimum Gasteiger partial charge on any atom is -0.466 e. The van der Waals surface area contributed by atoms with Crippen LogP contribution in [0.1, 0.15) is 43.7 Å². The maximum Gasteiger partial charge on any atom is 0.307 e. The van der Waals surface area contributed by atoms with Crippen molar-refractivity contribution in [2.75, 3.05) is 33.4 Å². The molecule has 1 aromatic rings. The normalized spacial score (nSPS) is 18.6. The van der Waals surface area contributed by atoms with E-state index in [9.17, 15) is 19.2 Å². The number of rotatable bonds is 11. The van der Waals surface area contributed by atoms with Crippen molar-refractivity contribution >= 4 is 23.7 Å². The molecule has 1 atom stereocenters. The number of carbonyl (C=O) groups excluding carboxylic acids is 4. The number of nitrogens with one attached hydrogen (secondary N) is 1. The highest BCUT2D eigenvalue weighted by molar-refractivity contribution is 6.11. The van der Waals surface area contributed by atoms with Crippen LogP contribution in [0.4, 0.5) is 0 Å². The molecule has 1 heterocycles. The molecule has 1 saturated heterocycles. The topological polar surface area (TPSA) is 102 Å². The number of hydrogen-bond donors (Lipinski definition) is 1. The van der Waals surface area contributed by atoms with Crippen molar-refractivity contribution in [2.45, 2.75) is 44.9 Å². The van der Waals surface area contributed by atoms with Gasteiger partial charge in [-0.1, -0.05) is 24.3 Å². The van der Waals surface area contributed by atoms with Crippen molar-refractivity contribution in [3.8, 4) is 0 Å². The predicted molar refractivity (Wildman–Crippen MR) is 110 cm³/mol. The standard InChI is InChI=1S/C22H30N2O6/c1-4-30-20(27)10-11-23-18(25)14-22(17-9-6-5-8-16(17)2)15-19(26)24(21(22)28)12-7-13-29-3/h5-6,8-9H,4,7,10-15H2,1-3H3,(H,23,25)/t22-/m0/s1. The Balaban J connectivity index is 2.21. The van der Waals surface area contributed by atoms with E-state index in [1.54, 1.807) is 26.2 Å². The molecule has 0 bridgehead atoms. The van der Waals surface area contributed by atoms with Crippen molar-refractivity contribution in [1.29, 1.82) is 0 Å². The van der Waals surface area contributed by atoms with Gasteiger partial charge in [-0.2, -0.15) is 0 Å². The molecule has 1 fully saturated rings. The van der Waals surface area contributed by atoms with Gasteiger partial charge in [0.15, 0.2) is 0 Å². The van der Waals surface area contributed by atoms with Gasteiger partial charge in [0.05, 0.1) is 18.4 Å². The summed E-state index contributed by atoms with van der Waals surface area (Å²) in [5.74, 6) is -1.44. The number of nitrogens with zero attached hydrogens (tertiary/aromatic N) is 1. The molecule has 8 heteroatoms. The van der Waals surface area contributed by atoms with Gasteiger partial charge in [-0.05, 0) is 31.4 Å². The maximum atomic E-state index is 13.4. The largest absolute Gasteiger partial charge is 0.466 e. The molecule has 1 N–H and O–H groups in total. The second-order valence-corrected chi connectivity index (χ2v) is 7.35. The van der Waals surface area contributed by atoms with Crippen LogP contribution < -0.4 is 5.32 Å². The molecule has 1 aliphatic heterocycles. The van der Waals surface area contributed by atoms with Crippen molar-refractivity contribution in [3.63, 3.8) is 0 Å². The first-order chi connectivity index (χ1) is 14.4. The lowest BCUT2D eigenvalue weighted by Gasteiger charge is -2.28. The van der Waals surface area contributed by atoms with Crippen molar-refractivity contribution < 1.29 is 28.7 Å². The van der Waals surface area contributed by atoms with Gasteiger partial charge in [-0.3, -0.25) is 24.1 Å². The average molecular weight is 418 g/mol. The summed E-state index contributed by atoms with van der Waals surface area (Å²) >= 11 is 0. The van der Waals surface area contributed by atoms with E-state index >= 15 is 0 Å². The van der Waals surface area contributed by atoms with E-state index in [4.69, 9.17) is 9.47 Å². The van der Waals surface area contributed by atoms with E-state index < -0.39 is 11.4 Å². The highest BCUT2D eigenvalue weighted by Crippen LogP contribution is 2.41. The molecule has 164 valence electrons. The Morgan fingerprint density at radius 2 is 1.97 bits per heavy atom. The van der Waals surface area contributed by atoms with Gasteiger partial charge in [0.1, 0.15) is 0 Å². The number of benzene rings is 1. The molecule has 3 amide bonds. The molecule has 0 aromatic heterocycles. The minimum atomic E-state index is -1.25. The predicted octanol–water partition coefficient (Wildman–Crippen LogP) is 1.49. The lowest BCUT2D eigenvalue weighted by molar-refractivity contribution is -0.144. The summed E-state index contributed by atoms with van der Waals surface area (Å²) in [5.41, 5.74) is 0.276. The molecule has 0 spiro atoms. The van der Waals surface area contributed by atoms with E-state index in [0.717, 1.165) is 5.56 Å². The van der Waals surface area contributed by atoms with Crippen LogP contribution >= 0.6 is 0 Å². The molecule has 0 aliphatic carbocycles. The molecular weight excluding hydrogens is 388 g/mol. The molecule has 0 saturated carbocycles. The van der Waals surface area contributed by atoms with Crippen LogP contribution in [-0.4, -0.2) is 62.0 Å². The van der Waals surface area contributed by atoms with Gasteiger partial charge >= 0.3 is 5.97 Å². The second-order valence-electron chi connectivity index (χ2n) is 7.35. The van der Waals surface area contributed by atoms with Crippen LogP contribution in [0.2, 0.25) is 0 Å². The van der Waals surface area contributed by atoms with Gasteiger partial charge in [0.2, 0.25) is 17.7 Å². The summed E-state index contributed by atoms with van der Waals surface area (Å²) in [6.45, 7) is 4.65. The smallest absolute Gasteiger partial charge is 0.307 e. The summed E-state index contributed by atoms with van der Waals surface area (Å²) < 4.78 is 9.87. The van der Waals surface area contributed by atoms with E-state index in [1.165, 1.54) is 4.90 Å². The average Bonchev–Trinajstić information content (AvgIpc) is 2.93. The van der Waals surface area contributed by atoms with E-state index in [2.05, 4.69) is 5.32 Å².